The lowest BCUT2D eigenvalue weighted by molar-refractivity contribution is -0.135. The average molecular weight is 803 g/mol. The SMILES string of the molecule is Cc1nc2c(F)c(-c3cccc(Cl)c3Cl)c(CCC#N)cc2c2c1cc(C1C3CC(CN(c4cc(C(F)F)c(F)cn4)C3)N1C(=O)C1CC1)n2C1C2CNC1C2. The maximum absolute atomic E-state index is 17.3. The quantitative estimate of drug-likeness (QED) is 0.158. The molecule has 4 bridgehead atoms. The molecule has 6 fully saturated rings. The fraction of sp³-hybridized carbons (Fsp3) is 0.429. The van der Waals surface area contributed by atoms with E-state index in [9.17, 15) is 23.2 Å². The van der Waals surface area contributed by atoms with Gasteiger partial charge in [0, 0.05) is 77.2 Å². The summed E-state index contributed by atoms with van der Waals surface area (Å²) in [7, 11) is 0. The molecule has 1 amide bonds. The van der Waals surface area contributed by atoms with Crippen molar-refractivity contribution in [3.8, 4) is 17.2 Å². The first-order valence-electron chi connectivity index (χ1n) is 19.3. The van der Waals surface area contributed by atoms with Crippen LogP contribution in [0.25, 0.3) is 32.9 Å². The summed E-state index contributed by atoms with van der Waals surface area (Å²) < 4.78 is 61.6. The van der Waals surface area contributed by atoms with Crippen LogP contribution in [0.15, 0.2) is 42.6 Å². The van der Waals surface area contributed by atoms with Crippen LogP contribution < -0.4 is 10.2 Å². The normalized spacial score (nSPS) is 25.4. The van der Waals surface area contributed by atoms with E-state index in [-0.39, 0.29) is 81.7 Å². The molecular weight excluding hydrogens is 765 g/mol. The number of carbonyl (C=O) groups is 1. The highest BCUT2D eigenvalue weighted by Gasteiger charge is 2.55. The van der Waals surface area contributed by atoms with Crippen LogP contribution in [0, 0.1) is 47.6 Å². The van der Waals surface area contributed by atoms with Gasteiger partial charge in [0.05, 0.1) is 51.5 Å². The van der Waals surface area contributed by atoms with E-state index in [0.29, 0.717) is 47.6 Å². The molecule has 4 aliphatic heterocycles. The zero-order chi connectivity index (χ0) is 38.7. The standard InChI is InChI=1S/C42H37Cl2F4N7O/c1-19-26-13-32(39-23-10-24(54(39)42(56)20-7-8-20)18-53(17-23)33-14-27(41(47)48)30(45)16-51-33)55(38-22-12-31(38)50-15-22)40(26)28-11-21(4-3-9-49)34(36(46)37(28)52-19)25-5-2-6-29(43)35(25)44/h2,5-6,11,13-14,16,20,22-24,31,38-39,41,50H,3-4,7-8,10,12,15,17-18H2,1H3. The van der Waals surface area contributed by atoms with Gasteiger partial charge in [-0.05, 0) is 74.8 Å². The van der Waals surface area contributed by atoms with Gasteiger partial charge in [-0.15, -0.1) is 0 Å². The van der Waals surface area contributed by atoms with Gasteiger partial charge in [-0.2, -0.15) is 5.26 Å². The Bertz CT molecular complexity index is 2500. The number of likely N-dealkylation sites (tertiary alicyclic amines) is 1. The summed E-state index contributed by atoms with van der Waals surface area (Å²) in [5.74, 6) is -1.08. The van der Waals surface area contributed by atoms with Crippen molar-refractivity contribution >= 4 is 56.7 Å². The highest BCUT2D eigenvalue weighted by molar-refractivity contribution is 6.43. The molecule has 6 aliphatic rings. The van der Waals surface area contributed by atoms with E-state index in [4.69, 9.17) is 28.2 Å². The molecule has 0 radical (unpaired) electrons. The molecule has 3 aromatic heterocycles. The average Bonchev–Trinajstić information content (AvgIpc) is 3.46. The highest BCUT2D eigenvalue weighted by atomic mass is 35.5. The van der Waals surface area contributed by atoms with Crippen molar-refractivity contribution in [1.82, 2.24) is 24.8 Å². The van der Waals surface area contributed by atoms with Gasteiger partial charge in [0.2, 0.25) is 5.91 Å². The maximum atomic E-state index is 17.3. The Balaban J connectivity index is 1.19. The van der Waals surface area contributed by atoms with Crippen LogP contribution in [0.4, 0.5) is 23.4 Å². The molecule has 14 heteroatoms. The first-order valence-corrected chi connectivity index (χ1v) is 20.0. The number of carbonyl (C=O) groups excluding carboxylic acids is 1. The number of aryl methyl sites for hydroxylation is 2. The lowest BCUT2D eigenvalue weighted by Crippen LogP contribution is -2.45. The smallest absolute Gasteiger partial charge is 0.266 e. The van der Waals surface area contributed by atoms with Crippen molar-refractivity contribution in [2.45, 2.75) is 76.0 Å². The Morgan fingerprint density at radius 2 is 1.91 bits per heavy atom. The molecule has 0 spiro atoms. The number of hydrogen-bond donors (Lipinski definition) is 1. The Kier molecular flexibility index (Phi) is 8.55. The largest absolute Gasteiger partial charge is 0.354 e. The van der Waals surface area contributed by atoms with Crippen molar-refractivity contribution < 1.29 is 22.4 Å². The summed E-state index contributed by atoms with van der Waals surface area (Å²) in [5.41, 5.74) is 3.23. The van der Waals surface area contributed by atoms with Crippen LogP contribution in [0.5, 0.6) is 0 Å². The molecule has 4 saturated heterocycles. The van der Waals surface area contributed by atoms with E-state index in [0.717, 1.165) is 54.7 Å². The number of piperidine rings is 1. The number of rotatable bonds is 8. The zero-order valence-electron chi connectivity index (χ0n) is 30.4. The number of benzene rings is 2. The molecule has 288 valence electrons. The number of nitrogens with zero attached hydrogens (tertiary/aromatic N) is 6. The van der Waals surface area contributed by atoms with E-state index in [2.05, 4.69) is 27.0 Å². The Morgan fingerprint density at radius 3 is 2.62 bits per heavy atom. The Hall–Kier alpha value is -4.44. The van der Waals surface area contributed by atoms with Crippen LogP contribution in [-0.2, 0) is 11.2 Å². The lowest BCUT2D eigenvalue weighted by atomic mass is 9.79. The molecule has 2 aliphatic carbocycles. The third-order valence-corrected chi connectivity index (χ3v) is 13.8. The second-order valence-electron chi connectivity index (χ2n) is 16.2. The van der Waals surface area contributed by atoms with Crippen molar-refractivity contribution in [3.63, 3.8) is 0 Å². The zero-order valence-corrected chi connectivity index (χ0v) is 31.9. The summed E-state index contributed by atoms with van der Waals surface area (Å²) >= 11 is 13.1. The van der Waals surface area contributed by atoms with Crippen molar-refractivity contribution in [2.75, 3.05) is 24.5 Å². The monoisotopic (exact) mass is 801 g/mol. The second-order valence-corrected chi connectivity index (χ2v) is 16.9. The Morgan fingerprint density at radius 1 is 1.09 bits per heavy atom. The highest BCUT2D eigenvalue weighted by Crippen LogP contribution is 2.54. The third kappa shape index (κ3) is 5.44. The number of anilines is 1. The number of nitrogens with one attached hydrogen (secondary N) is 1. The van der Waals surface area contributed by atoms with E-state index in [1.165, 1.54) is 0 Å². The van der Waals surface area contributed by atoms with Crippen LogP contribution >= 0.6 is 23.2 Å². The molecule has 11 rings (SSSR count). The summed E-state index contributed by atoms with van der Waals surface area (Å²) in [6, 6.07) is 12.2. The number of fused-ring (bicyclic) bond motifs is 6. The van der Waals surface area contributed by atoms with E-state index in [1.54, 1.807) is 18.2 Å². The molecule has 2 aromatic carbocycles. The minimum absolute atomic E-state index is 0.0435. The Labute approximate surface area is 330 Å². The van der Waals surface area contributed by atoms with Gasteiger partial charge in [0.25, 0.3) is 6.43 Å². The lowest BCUT2D eigenvalue weighted by Gasteiger charge is -2.40. The number of pyridine rings is 2. The first-order chi connectivity index (χ1) is 27.0. The van der Waals surface area contributed by atoms with E-state index >= 15 is 4.39 Å². The minimum atomic E-state index is -2.99. The van der Waals surface area contributed by atoms with Crippen molar-refractivity contribution in [3.05, 3.63) is 86.8 Å². The van der Waals surface area contributed by atoms with Crippen LogP contribution in [0.2, 0.25) is 10.0 Å². The fourth-order valence-corrected chi connectivity index (χ4v) is 10.7. The number of halogens is 6. The summed E-state index contributed by atoms with van der Waals surface area (Å²) in [5, 5.41) is 15.3. The predicted octanol–water partition coefficient (Wildman–Crippen LogP) is 9.26. The van der Waals surface area contributed by atoms with Crippen LogP contribution in [0.1, 0.15) is 73.1 Å². The van der Waals surface area contributed by atoms with Gasteiger partial charge in [-0.3, -0.25) is 4.79 Å². The van der Waals surface area contributed by atoms with Crippen molar-refractivity contribution in [2.24, 2.45) is 17.8 Å². The molecular formula is C42H37Cl2F4N7O. The van der Waals surface area contributed by atoms with Crippen LogP contribution in [0.3, 0.4) is 0 Å². The molecule has 1 N–H and O–H groups in total. The third-order valence-electron chi connectivity index (χ3n) is 12.9. The molecule has 6 atom stereocenters. The summed E-state index contributed by atoms with van der Waals surface area (Å²) in [6.07, 6.45) is 1.65. The molecule has 5 aromatic rings. The fourth-order valence-electron chi connectivity index (χ4n) is 10.3. The molecule has 7 heterocycles. The maximum Gasteiger partial charge on any atom is 0.266 e. The number of hydrogen-bond acceptors (Lipinski definition) is 6. The summed E-state index contributed by atoms with van der Waals surface area (Å²) in [4.78, 5) is 27.5. The van der Waals surface area contributed by atoms with Gasteiger partial charge in [-0.25, -0.2) is 27.5 Å². The molecule has 6 unspecified atom stereocenters. The number of nitriles is 1. The van der Waals surface area contributed by atoms with Gasteiger partial charge in [-0.1, -0.05) is 35.3 Å². The van der Waals surface area contributed by atoms with Gasteiger partial charge in [0.1, 0.15) is 11.3 Å². The van der Waals surface area contributed by atoms with Gasteiger partial charge < -0.3 is 19.7 Å². The topological polar surface area (TPSA) is 90.1 Å². The van der Waals surface area contributed by atoms with Gasteiger partial charge >= 0.3 is 0 Å². The number of aromatic nitrogens is 3. The van der Waals surface area contributed by atoms with Crippen LogP contribution in [-0.4, -0.2) is 57.1 Å². The molecule has 2 saturated carbocycles. The van der Waals surface area contributed by atoms with E-state index < -0.39 is 23.6 Å². The van der Waals surface area contributed by atoms with E-state index in [1.807, 2.05) is 22.8 Å². The number of alkyl halides is 2. The molecule has 8 nitrogen and oxygen atoms in total. The minimum Gasteiger partial charge on any atom is -0.354 e. The second kappa shape index (κ2) is 13.3. The van der Waals surface area contributed by atoms with Gasteiger partial charge in [0.15, 0.2) is 11.6 Å². The van der Waals surface area contributed by atoms with Crippen molar-refractivity contribution in [1.29, 1.82) is 5.26 Å². The first kappa shape index (κ1) is 35.9. The molecule has 56 heavy (non-hydrogen) atoms. The number of amides is 1. The predicted molar refractivity (Wildman–Crippen MR) is 206 cm³/mol. The summed E-state index contributed by atoms with van der Waals surface area (Å²) in [6.45, 7) is 3.53.